The van der Waals surface area contributed by atoms with Crippen molar-refractivity contribution in [3.63, 3.8) is 0 Å². The van der Waals surface area contributed by atoms with E-state index in [0.29, 0.717) is 6.54 Å². The Morgan fingerprint density at radius 3 is 2.21 bits per heavy atom. The maximum atomic E-state index is 12.6. The predicted octanol–water partition coefficient (Wildman–Crippen LogP) is 3.87. The fourth-order valence-corrected chi connectivity index (χ4v) is 3.78. The monoisotopic (exact) mass is 386 g/mol. The molecule has 1 aliphatic rings. The standard InChI is InChI=1S/C24H26N4O/c1-27-17-20(26-24(29)16-25-19-10-4-2-5-11-19)18-28(21-12-6-3-7-13-21)23-15-9-8-14-22(23)27/h2-15,20,25H,16-18H2,1H3,(H,26,29)/t20-/m0/s1. The van der Waals surface area contributed by atoms with Crippen LogP contribution in [-0.2, 0) is 4.79 Å². The van der Waals surface area contributed by atoms with Gasteiger partial charge in [-0.05, 0) is 36.4 Å². The Kier molecular flexibility index (Phi) is 5.66. The van der Waals surface area contributed by atoms with Crippen molar-refractivity contribution in [3.8, 4) is 0 Å². The van der Waals surface area contributed by atoms with Gasteiger partial charge >= 0.3 is 0 Å². The summed E-state index contributed by atoms with van der Waals surface area (Å²) in [5.74, 6) is -0.00813. The number of likely N-dealkylation sites (N-methyl/N-ethyl adjacent to an activating group) is 1. The molecule has 148 valence electrons. The van der Waals surface area contributed by atoms with Gasteiger partial charge in [-0.1, -0.05) is 48.5 Å². The molecule has 0 aromatic heterocycles. The number of carbonyl (C=O) groups is 1. The molecule has 0 unspecified atom stereocenters. The van der Waals surface area contributed by atoms with Crippen LogP contribution in [-0.4, -0.2) is 38.6 Å². The van der Waals surface area contributed by atoms with E-state index in [1.807, 2.05) is 48.5 Å². The molecule has 0 aliphatic carbocycles. The Morgan fingerprint density at radius 2 is 1.48 bits per heavy atom. The lowest BCUT2D eigenvalue weighted by atomic mass is 10.2. The topological polar surface area (TPSA) is 47.6 Å². The molecule has 0 spiro atoms. The van der Waals surface area contributed by atoms with Gasteiger partial charge in [-0.15, -0.1) is 0 Å². The average molecular weight is 386 g/mol. The van der Waals surface area contributed by atoms with Crippen LogP contribution in [0.4, 0.5) is 22.7 Å². The van der Waals surface area contributed by atoms with Gasteiger partial charge in [-0.25, -0.2) is 0 Å². The van der Waals surface area contributed by atoms with E-state index in [1.165, 1.54) is 0 Å². The van der Waals surface area contributed by atoms with Crippen LogP contribution in [0, 0.1) is 0 Å². The van der Waals surface area contributed by atoms with E-state index in [-0.39, 0.29) is 18.5 Å². The first kappa shape index (κ1) is 18.9. The van der Waals surface area contributed by atoms with E-state index in [9.17, 15) is 4.79 Å². The second kappa shape index (κ2) is 8.69. The third-order valence-corrected chi connectivity index (χ3v) is 5.14. The highest BCUT2D eigenvalue weighted by molar-refractivity contribution is 5.82. The summed E-state index contributed by atoms with van der Waals surface area (Å²) < 4.78 is 0. The summed E-state index contributed by atoms with van der Waals surface area (Å²) in [5.41, 5.74) is 4.38. The first-order valence-electron chi connectivity index (χ1n) is 9.92. The molecule has 1 amide bonds. The normalized spacial score (nSPS) is 16.0. The van der Waals surface area contributed by atoms with Gasteiger partial charge in [0.2, 0.25) is 5.91 Å². The van der Waals surface area contributed by atoms with Crippen molar-refractivity contribution in [3.05, 3.63) is 84.9 Å². The lowest BCUT2D eigenvalue weighted by Gasteiger charge is -2.27. The minimum atomic E-state index is -0.00813. The van der Waals surface area contributed by atoms with Crippen LogP contribution in [0.5, 0.6) is 0 Å². The number of hydrogen-bond acceptors (Lipinski definition) is 4. The zero-order chi connectivity index (χ0) is 20.1. The first-order valence-corrected chi connectivity index (χ1v) is 9.92. The summed E-state index contributed by atoms with van der Waals surface area (Å²) in [6, 6.07) is 28.5. The molecule has 1 aliphatic heterocycles. The van der Waals surface area contributed by atoms with E-state index in [2.05, 4.69) is 63.9 Å². The molecule has 4 rings (SSSR count). The summed E-state index contributed by atoms with van der Waals surface area (Å²) >= 11 is 0. The van der Waals surface area contributed by atoms with Gasteiger partial charge in [0.1, 0.15) is 0 Å². The van der Waals surface area contributed by atoms with Gasteiger partial charge < -0.3 is 20.4 Å². The van der Waals surface area contributed by atoms with Gasteiger partial charge in [-0.2, -0.15) is 0 Å². The molecule has 1 atom stereocenters. The first-order chi connectivity index (χ1) is 14.2. The summed E-state index contributed by atoms with van der Waals surface area (Å²) in [6.45, 7) is 1.71. The smallest absolute Gasteiger partial charge is 0.239 e. The van der Waals surface area contributed by atoms with Crippen LogP contribution in [0.2, 0.25) is 0 Å². The molecule has 0 fully saturated rings. The fraction of sp³-hybridized carbons (Fsp3) is 0.208. The number of benzene rings is 3. The SMILES string of the molecule is CN1C[C@H](NC(=O)CNc2ccccc2)CN(c2ccccc2)c2ccccc21. The van der Waals surface area contributed by atoms with Crippen molar-refractivity contribution in [2.45, 2.75) is 6.04 Å². The maximum Gasteiger partial charge on any atom is 0.239 e. The van der Waals surface area contributed by atoms with Crippen molar-refractivity contribution < 1.29 is 4.79 Å². The minimum absolute atomic E-state index is 0.00215. The Bertz CT molecular complexity index is 945. The lowest BCUT2D eigenvalue weighted by molar-refractivity contribution is -0.119. The second-order valence-electron chi connectivity index (χ2n) is 7.30. The molecule has 0 radical (unpaired) electrons. The highest BCUT2D eigenvalue weighted by Gasteiger charge is 2.26. The number of nitrogens with one attached hydrogen (secondary N) is 2. The van der Waals surface area contributed by atoms with Crippen LogP contribution < -0.4 is 20.4 Å². The molecule has 1 heterocycles. The molecule has 5 nitrogen and oxygen atoms in total. The summed E-state index contributed by atoms with van der Waals surface area (Å²) in [4.78, 5) is 17.1. The Balaban J connectivity index is 1.51. The molecule has 3 aromatic carbocycles. The molecular formula is C24H26N4O. The van der Waals surface area contributed by atoms with Crippen LogP contribution in [0.1, 0.15) is 0 Å². The molecule has 29 heavy (non-hydrogen) atoms. The third kappa shape index (κ3) is 4.51. The largest absolute Gasteiger partial charge is 0.376 e. The van der Waals surface area contributed by atoms with Gasteiger partial charge in [-0.3, -0.25) is 4.79 Å². The molecular weight excluding hydrogens is 360 g/mol. The Labute approximate surface area is 172 Å². The summed E-state index contributed by atoms with van der Waals surface area (Å²) in [7, 11) is 2.08. The van der Waals surface area contributed by atoms with Crippen molar-refractivity contribution >= 4 is 28.7 Å². The Hall–Kier alpha value is -3.47. The molecule has 0 saturated carbocycles. The van der Waals surface area contributed by atoms with Crippen LogP contribution in [0.3, 0.4) is 0 Å². The van der Waals surface area contributed by atoms with Crippen molar-refractivity contribution in [1.82, 2.24) is 5.32 Å². The maximum absolute atomic E-state index is 12.6. The van der Waals surface area contributed by atoms with E-state index in [4.69, 9.17) is 0 Å². The lowest BCUT2D eigenvalue weighted by Crippen LogP contribution is -2.48. The average Bonchev–Trinajstić information content (AvgIpc) is 2.90. The van der Waals surface area contributed by atoms with E-state index >= 15 is 0 Å². The van der Waals surface area contributed by atoms with Crippen LogP contribution in [0.15, 0.2) is 84.9 Å². The summed E-state index contributed by atoms with van der Waals surface area (Å²) in [6.07, 6.45) is 0. The molecule has 5 heteroatoms. The predicted molar refractivity (Wildman–Crippen MR) is 120 cm³/mol. The van der Waals surface area contributed by atoms with E-state index in [0.717, 1.165) is 29.3 Å². The number of fused-ring (bicyclic) bond motifs is 1. The number of hydrogen-bond donors (Lipinski definition) is 2. The van der Waals surface area contributed by atoms with E-state index < -0.39 is 0 Å². The number of carbonyl (C=O) groups excluding carboxylic acids is 1. The quantitative estimate of drug-likeness (QED) is 0.699. The molecule has 2 N–H and O–H groups in total. The van der Waals surface area contributed by atoms with Gasteiger partial charge in [0, 0.05) is 31.5 Å². The second-order valence-corrected chi connectivity index (χ2v) is 7.30. The minimum Gasteiger partial charge on any atom is -0.376 e. The number of rotatable bonds is 5. The van der Waals surface area contributed by atoms with Crippen LogP contribution >= 0.6 is 0 Å². The molecule has 0 bridgehead atoms. The number of nitrogens with zero attached hydrogens (tertiary/aromatic N) is 2. The zero-order valence-electron chi connectivity index (χ0n) is 16.6. The van der Waals surface area contributed by atoms with Gasteiger partial charge in [0.15, 0.2) is 0 Å². The van der Waals surface area contributed by atoms with Gasteiger partial charge in [0.05, 0.1) is 24.0 Å². The molecule has 3 aromatic rings. The summed E-state index contributed by atoms with van der Waals surface area (Å²) in [5, 5.41) is 6.39. The van der Waals surface area contributed by atoms with Crippen LogP contribution in [0.25, 0.3) is 0 Å². The number of para-hydroxylation sites is 4. The van der Waals surface area contributed by atoms with Gasteiger partial charge in [0.25, 0.3) is 0 Å². The van der Waals surface area contributed by atoms with Crippen molar-refractivity contribution in [2.24, 2.45) is 0 Å². The Morgan fingerprint density at radius 1 is 0.862 bits per heavy atom. The molecule has 0 saturated heterocycles. The highest BCUT2D eigenvalue weighted by Crippen LogP contribution is 2.36. The number of anilines is 4. The van der Waals surface area contributed by atoms with Crippen molar-refractivity contribution in [2.75, 3.05) is 41.8 Å². The van der Waals surface area contributed by atoms with E-state index in [1.54, 1.807) is 0 Å². The van der Waals surface area contributed by atoms with Crippen molar-refractivity contribution in [1.29, 1.82) is 0 Å². The fourth-order valence-electron chi connectivity index (χ4n) is 3.78. The zero-order valence-corrected chi connectivity index (χ0v) is 16.6. The number of amides is 1. The third-order valence-electron chi connectivity index (χ3n) is 5.14. The highest BCUT2D eigenvalue weighted by atomic mass is 16.2.